The van der Waals surface area contributed by atoms with Crippen LogP contribution in [0.4, 0.5) is 0 Å². The molecule has 13 heavy (non-hydrogen) atoms. The van der Waals surface area contributed by atoms with Crippen LogP contribution in [-0.2, 0) is 6.42 Å². The summed E-state index contributed by atoms with van der Waals surface area (Å²) in [6, 6.07) is 4.10. The first-order valence-electron chi connectivity index (χ1n) is 4.26. The van der Waals surface area contributed by atoms with Crippen LogP contribution < -0.4 is 0 Å². The van der Waals surface area contributed by atoms with E-state index in [0.717, 1.165) is 22.0 Å². The quantitative estimate of drug-likeness (QED) is 0.699. The highest BCUT2D eigenvalue weighted by Gasteiger charge is 2.04. The predicted octanol–water partition coefficient (Wildman–Crippen LogP) is 3.82. The van der Waals surface area contributed by atoms with Gasteiger partial charge in [0.2, 0.25) is 0 Å². The third kappa shape index (κ3) is 1.56. The molecule has 0 atom stereocenters. The zero-order valence-corrected chi connectivity index (χ0v) is 9.17. The number of benzene rings is 1. The summed E-state index contributed by atoms with van der Waals surface area (Å²) in [5, 5.41) is 1.93. The van der Waals surface area contributed by atoms with Crippen LogP contribution in [0.1, 0.15) is 17.5 Å². The average molecular weight is 212 g/mol. The summed E-state index contributed by atoms with van der Waals surface area (Å²) in [7, 11) is 0. The number of aromatic nitrogens is 1. The Balaban J connectivity index is 2.72. The molecule has 3 heteroatoms. The number of thiazole rings is 1. The number of fused-ring (bicyclic) bond motifs is 1. The van der Waals surface area contributed by atoms with Crippen molar-refractivity contribution in [1.29, 1.82) is 0 Å². The fraction of sp³-hybridized carbons (Fsp3) is 0.300. The molecule has 0 aliphatic heterocycles. The molecule has 0 fully saturated rings. The van der Waals surface area contributed by atoms with Crippen LogP contribution in [0.2, 0.25) is 5.02 Å². The maximum atomic E-state index is 6.08. The van der Waals surface area contributed by atoms with Crippen molar-refractivity contribution in [3.05, 3.63) is 27.7 Å². The van der Waals surface area contributed by atoms with E-state index in [1.807, 2.05) is 13.0 Å². The van der Waals surface area contributed by atoms with Gasteiger partial charge in [-0.1, -0.05) is 18.5 Å². The number of aryl methyl sites for hydroxylation is 2. The van der Waals surface area contributed by atoms with Crippen molar-refractivity contribution >= 4 is 33.2 Å². The van der Waals surface area contributed by atoms with E-state index in [1.165, 1.54) is 10.3 Å². The monoisotopic (exact) mass is 211 g/mol. The van der Waals surface area contributed by atoms with E-state index in [4.69, 9.17) is 11.6 Å². The van der Waals surface area contributed by atoms with Crippen LogP contribution in [0.25, 0.3) is 10.2 Å². The van der Waals surface area contributed by atoms with Gasteiger partial charge in [-0.2, -0.15) is 0 Å². The summed E-state index contributed by atoms with van der Waals surface area (Å²) in [5.41, 5.74) is 2.22. The van der Waals surface area contributed by atoms with Gasteiger partial charge in [-0.05, 0) is 31.0 Å². The Labute approximate surface area is 86.4 Å². The maximum absolute atomic E-state index is 6.08. The van der Waals surface area contributed by atoms with Crippen LogP contribution in [0.15, 0.2) is 12.1 Å². The minimum atomic E-state index is 0.834. The standard InChI is InChI=1S/C10H10ClNS/c1-3-7-4-10-9(5-8(7)11)12-6(2)13-10/h4-5H,3H2,1-2H3. The summed E-state index contributed by atoms with van der Waals surface area (Å²) < 4.78 is 1.23. The minimum Gasteiger partial charge on any atom is -0.241 e. The fourth-order valence-corrected chi connectivity index (χ4v) is 2.54. The topological polar surface area (TPSA) is 12.9 Å². The average Bonchev–Trinajstić information content (AvgIpc) is 2.42. The SMILES string of the molecule is CCc1cc2sc(C)nc2cc1Cl. The highest BCUT2D eigenvalue weighted by molar-refractivity contribution is 7.18. The third-order valence-corrected chi connectivity index (χ3v) is 3.33. The van der Waals surface area contributed by atoms with Gasteiger partial charge in [0.25, 0.3) is 0 Å². The van der Waals surface area contributed by atoms with Gasteiger partial charge in [0.1, 0.15) is 0 Å². The molecule has 0 unspecified atom stereocenters. The maximum Gasteiger partial charge on any atom is 0.0907 e. The molecule has 1 aromatic heterocycles. The smallest absolute Gasteiger partial charge is 0.0907 e. The van der Waals surface area contributed by atoms with Crippen molar-refractivity contribution in [2.24, 2.45) is 0 Å². The molecule has 0 aliphatic rings. The predicted molar refractivity (Wildman–Crippen MR) is 58.7 cm³/mol. The van der Waals surface area contributed by atoms with E-state index in [9.17, 15) is 0 Å². The van der Waals surface area contributed by atoms with E-state index in [0.29, 0.717) is 0 Å². The number of hydrogen-bond donors (Lipinski definition) is 0. The van der Waals surface area contributed by atoms with Gasteiger partial charge in [0.15, 0.2) is 0 Å². The van der Waals surface area contributed by atoms with E-state index in [-0.39, 0.29) is 0 Å². The Bertz CT molecular complexity index is 447. The highest BCUT2D eigenvalue weighted by atomic mass is 35.5. The largest absolute Gasteiger partial charge is 0.241 e. The van der Waals surface area contributed by atoms with E-state index in [2.05, 4.69) is 18.0 Å². The first kappa shape index (κ1) is 8.97. The molecule has 0 spiro atoms. The van der Waals surface area contributed by atoms with Crippen molar-refractivity contribution in [3.63, 3.8) is 0 Å². The van der Waals surface area contributed by atoms with Gasteiger partial charge in [0, 0.05) is 5.02 Å². The molecule has 0 amide bonds. The molecular weight excluding hydrogens is 202 g/mol. The first-order chi connectivity index (χ1) is 6.20. The van der Waals surface area contributed by atoms with Gasteiger partial charge >= 0.3 is 0 Å². The van der Waals surface area contributed by atoms with Crippen LogP contribution >= 0.6 is 22.9 Å². The molecule has 1 aromatic carbocycles. The second kappa shape index (κ2) is 3.28. The molecule has 0 saturated heterocycles. The van der Waals surface area contributed by atoms with Crippen LogP contribution in [-0.4, -0.2) is 4.98 Å². The molecule has 1 nitrogen and oxygen atoms in total. The van der Waals surface area contributed by atoms with Gasteiger partial charge in [-0.25, -0.2) is 4.98 Å². The number of halogens is 1. The number of nitrogens with zero attached hydrogens (tertiary/aromatic N) is 1. The molecule has 0 N–H and O–H groups in total. The van der Waals surface area contributed by atoms with Crippen LogP contribution in [0.3, 0.4) is 0 Å². The van der Waals surface area contributed by atoms with Gasteiger partial charge in [-0.15, -0.1) is 11.3 Å². The third-order valence-electron chi connectivity index (χ3n) is 2.04. The van der Waals surface area contributed by atoms with Crippen molar-refractivity contribution in [3.8, 4) is 0 Å². The molecule has 0 radical (unpaired) electrons. The van der Waals surface area contributed by atoms with Gasteiger partial charge in [0.05, 0.1) is 15.2 Å². The zero-order valence-electron chi connectivity index (χ0n) is 7.60. The van der Waals surface area contributed by atoms with E-state index in [1.54, 1.807) is 11.3 Å². The Kier molecular flexibility index (Phi) is 2.26. The summed E-state index contributed by atoms with van der Waals surface area (Å²) in [6.45, 7) is 4.13. The lowest BCUT2D eigenvalue weighted by Crippen LogP contribution is -1.81. The molecule has 1 heterocycles. The lowest BCUT2D eigenvalue weighted by atomic mass is 10.2. The Hall–Kier alpha value is -0.600. The number of rotatable bonds is 1. The molecular formula is C10H10ClNS. The molecule has 0 aliphatic carbocycles. The minimum absolute atomic E-state index is 0.834. The Morgan fingerprint density at radius 1 is 1.46 bits per heavy atom. The number of hydrogen-bond acceptors (Lipinski definition) is 2. The van der Waals surface area contributed by atoms with Crippen molar-refractivity contribution in [1.82, 2.24) is 4.98 Å². The van der Waals surface area contributed by atoms with Crippen LogP contribution in [0, 0.1) is 6.92 Å². The highest BCUT2D eigenvalue weighted by Crippen LogP contribution is 2.28. The fourth-order valence-electron chi connectivity index (χ4n) is 1.38. The Morgan fingerprint density at radius 3 is 2.92 bits per heavy atom. The molecule has 68 valence electrons. The summed E-state index contributed by atoms with van der Waals surface area (Å²) in [4.78, 5) is 4.38. The van der Waals surface area contributed by atoms with Gasteiger partial charge in [-0.3, -0.25) is 0 Å². The normalized spacial score (nSPS) is 11.0. The molecule has 0 bridgehead atoms. The summed E-state index contributed by atoms with van der Waals surface area (Å²) in [6.07, 6.45) is 0.978. The zero-order chi connectivity index (χ0) is 9.42. The van der Waals surface area contributed by atoms with Crippen molar-refractivity contribution in [2.75, 3.05) is 0 Å². The molecule has 2 rings (SSSR count). The molecule has 2 aromatic rings. The second-order valence-corrected chi connectivity index (χ2v) is 4.64. The van der Waals surface area contributed by atoms with Crippen molar-refractivity contribution < 1.29 is 0 Å². The lowest BCUT2D eigenvalue weighted by Gasteiger charge is -1.98. The molecule has 0 saturated carbocycles. The second-order valence-electron chi connectivity index (χ2n) is 3.00. The lowest BCUT2D eigenvalue weighted by molar-refractivity contribution is 1.15. The van der Waals surface area contributed by atoms with Gasteiger partial charge < -0.3 is 0 Å². The summed E-state index contributed by atoms with van der Waals surface area (Å²) >= 11 is 7.80. The van der Waals surface area contributed by atoms with E-state index >= 15 is 0 Å². The van der Waals surface area contributed by atoms with E-state index < -0.39 is 0 Å². The summed E-state index contributed by atoms with van der Waals surface area (Å²) in [5.74, 6) is 0. The van der Waals surface area contributed by atoms with Crippen LogP contribution in [0.5, 0.6) is 0 Å². The Morgan fingerprint density at radius 2 is 2.23 bits per heavy atom. The van der Waals surface area contributed by atoms with Crippen molar-refractivity contribution in [2.45, 2.75) is 20.3 Å². The first-order valence-corrected chi connectivity index (χ1v) is 5.45.